The molecule has 0 bridgehead atoms. The number of aromatic nitrogens is 1. The number of H-pyrrole nitrogens is 1. The number of aliphatic carboxylic acids is 1. The molecule has 69 heavy (non-hydrogen) atoms. The highest BCUT2D eigenvalue weighted by Crippen LogP contribution is 2.20. The largest absolute Gasteiger partial charge is 0.480 e. The maximum absolute atomic E-state index is 14.5. The molecule has 0 aliphatic carbocycles. The average Bonchev–Trinajstić information content (AvgIpc) is 3.71. The first-order valence-corrected chi connectivity index (χ1v) is 22.4. The van der Waals surface area contributed by atoms with Crippen molar-refractivity contribution in [2.75, 3.05) is 19.6 Å². The number of carboxylic acids is 1. The number of rotatable bonds is 15. The van der Waals surface area contributed by atoms with Gasteiger partial charge in [-0.05, 0) is 55.7 Å². The molecule has 4 rings (SSSR count). The normalized spacial score (nSPS) is 21.5. The fourth-order valence-electron chi connectivity index (χ4n) is 7.35. The summed E-state index contributed by atoms with van der Waals surface area (Å²) in [5.74, 6) is -8.92. The second-order valence-electron chi connectivity index (χ2n) is 16.4. The SMILES string of the molecule is CC(=O)NCC(=O)NC1CCCNC(=O)CCC(C(=O)O)NC(=O)[C@H](Cc2c[nH]c3ccccc23)NC(=O)[C@H](CCCN=C(N)N)NC(=O)C(Cc2ccccc2)NC(=O)C(CCC(N)=O)NC1=O. The van der Waals surface area contributed by atoms with Crippen molar-refractivity contribution in [3.05, 3.63) is 71.9 Å². The van der Waals surface area contributed by atoms with Crippen LogP contribution < -0.4 is 59.7 Å². The minimum atomic E-state index is -1.60. The van der Waals surface area contributed by atoms with E-state index in [0.717, 1.165) is 5.52 Å². The first-order chi connectivity index (χ1) is 32.9. The highest BCUT2D eigenvalue weighted by Gasteiger charge is 2.34. The van der Waals surface area contributed by atoms with Gasteiger partial charge in [-0.15, -0.1) is 0 Å². The molecule has 1 aliphatic rings. The number of carboxylic acid groups (broad SMARTS) is 1. The third-order valence-corrected chi connectivity index (χ3v) is 11.0. The molecule has 3 aromatic rings. The van der Waals surface area contributed by atoms with E-state index in [-0.39, 0.29) is 76.8 Å². The summed E-state index contributed by atoms with van der Waals surface area (Å²) in [5, 5.41) is 31.3. The number of nitrogens with one attached hydrogen (secondary N) is 9. The standard InChI is InChI=1S/C45H61N13O11/c1-25(59)51-24-38(62)53-30-13-7-19-49-37(61)18-16-33(44(68)69)56-43(67)35(22-27-23-52-29-12-6-5-11-28(27)29)58-40(64)31(14-8-20-50-45(47)48)54-42(66)34(21-26-9-3-2-4-10-26)57-41(65)32(55-39(30)63)15-17-36(46)60/h2-6,9-12,23,30-35,52H,7-8,13-22,24H2,1H3,(H2,46,60)(H,49,61)(H,51,59)(H,53,62)(H,54,66)(H,55,63)(H,56,67)(H,57,65)(H,58,64)(H,68,69)(H4,47,48,50)/t30?,31-,32?,33?,34?,35-/m0/s1. The Morgan fingerprint density at radius 1 is 0.739 bits per heavy atom. The summed E-state index contributed by atoms with van der Waals surface area (Å²) in [6, 6.07) is 6.88. The molecule has 16 N–H and O–H groups in total. The number of hydrogen-bond donors (Lipinski definition) is 13. The van der Waals surface area contributed by atoms with E-state index in [0.29, 0.717) is 16.5 Å². The minimum absolute atomic E-state index is 0.0230. The predicted octanol–water partition coefficient (Wildman–Crippen LogP) is -2.91. The van der Waals surface area contributed by atoms with Crippen LogP contribution in [0.2, 0.25) is 0 Å². The van der Waals surface area contributed by atoms with Gasteiger partial charge in [-0.3, -0.25) is 48.1 Å². The van der Waals surface area contributed by atoms with E-state index in [1.165, 1.54) is 6.92 Å². The van der Waals surface area contributed by atoms with Gasteiger partial charge < -0.3 is 69.8 Å². The van der Waals surface area contributed by atoms with Crippen LogP contribution in [0.1, 0.15) is 69.4 Å². The summed E-state index contributed by atoms with van der Waals surface area (Å²) in [4.78, 5) is 140. The first-order valence-electron chi connectivity index (χ1n) is 22.4. The van der Waals surface area contributed by atoms with Gasteiger partial charge in [0.25, 0.3) is 0 Å². The number of benzene rings is 2. The lowest BCUT2D eigenvalue weighted by atomic mass is 10.0. The van der Waals surface area contributed by atoms with Crippen molar-refractivity contribution >= 4 is 76.0 Å². The zero-order valence-electron chi connectivity index (χ0n) is 38.1. The number of amides is 9. The van der Waals surface area contributed by atoms with Gasteiger partial charge in [-0.25, -0.2) is 4.79 Å². The van der Waals surface area contributed by atoms with Crippen molar-refractivity contribution in [2.45, 2.75) is 107 Å². The Kier molecular flexibility index (Phi) is 20.9. The number of guanidine groups is 1. The Hall–Kier alpha value is -8.05. The number of aliphatic imine (C=N–C) groups is 1. The number of nitrogens with two attached hydrogens (primary N) is 3. The molecule has 0 spiro atoms. The van der Waals surface area contributed by atoms with E-state index in [1.807, 2.05) is 0 Å². The van der Waals surface area contributed by atoms with E-state index in [1.54, 1.807) is 60.8 Å². The molecule has 2 heterocycles. The molecule has 24 heteroatoms. The van der Waals surface area contributed by atoms with Gasteiger partial charge in [0.1, 0.15) is 36.3 Å². The number of para-hydroxylation sites is 1. The molecule has 0 saturated carbocycles. The van der Waals surface area contributed by atoms with Crippen molar-refractivity contribution in [1.29, 1.82) is 0 Å². The first kappa shape index (κ1) is 53.6. The summed E-state index contributed by atoms with van der Waals surface area (Å²) in [6.45, 7) is 0.633. The van der Waals surface area contributed by atoms with Crippen LogP contribution >= 0.6 is 0 Å². The molecule has 4 unspecified atom stereocenters. The monoisotopic (exact) mass is 959 g/mol. The Bertz CT molecular complexity index is 2350. The topological polar surface area (TPSA) is 393 Å². The van der Waals surface area contributed by atoms with E-state index in [2.05, 4.69) is 52.5 Å². The van der Waals surface area contributed by atoms with Crippen LogP contribution in [-0.2, 0) is 60.8 Å². The molecular weight excluding hydrogens is 899 g/mol. The van der Waals surface area contributed by atoms with Gasteiger partial charge in [-0.1, -0.05) is 48.5 Å². The van der Waals surface area contributed by atoms with E-state index >= 15 is 0 Å². The summed E-state index contributed by atoms with van der Waals surface area (Å²) in [6.07, 6.45) is -0.199. The molecule has 24 nitrogen and oxygen atoms in total. The number of carbonyl (C=O) groups is 10. The number of fused-ring (bicyclic) bond motifs is 1. The van der Waals surface area contributed by atoms with Gasteiger partial charge in [0.2, 0.25) is 53.2 Å². The summed E-state index contributed by atoms with van der Waals surface area (Å²) in [7, 11) is 0. The maximum Gasteiger partial charge on any atom is 0.326 e. The molecule has 372 valence electrons. The quantitative estimate of drug-likeness (QED) is 0.0414. The number of carbonyl (C=O) groups excluding carboxylic acids is 9. The minimum Gasteiger partial charge on any atom is -0.480 e. The van der Waals surface area contributed by atoms with Crippen LogP contribution in [0.4, 0.5) is 0 Å². The van der Waals surface area contributed by atoms with Crippen LogP contribution in [0, 0.1) is 0 Å². The Morgan fingerprint density at radius 2 is 1.35 bits per heavy atom. The van der Waals surface area contributed by atoms with Crippen molar-refractivity contribution in [3.8, 4) is 0 Å². The van der Waals surface area contributed by atoms with Crippen molar-refractivity contribution < 1.29 is 53.1 Å². The molecule has 2 aromatic carbocycles. The second kappa shape index (κ2) is 26.9. The van der Waals surface area contributed by atoms with E-state index in [9.17, 15) is 53.1 Å². The van der Waals surface area contributed by atoms with Gasteiger partial charge in [0.15, 0.2) is 5.96 Å². The van der Waals surface area contributed by atoms with Gasteiger partial charge in [0, 0.05) is 62.8 Å². The van der Waals surface area contributed by atoms with Crippen LogP contribution in [0.5, 0.6) is 0 Å². The fraction of sp³-hybridized carbons (Fsp3) is 0.444. The van der Waals surface area contributed by atoms with E-state index in [4.69, 9.17) is 17.2 Å². The van der Waals surface area contributed by atoms with Crippen molar-refractivity contribution in [3.63, 3.8) is 0 Å². The highest BCUT2D eigenvalue weighted by molar-refractivity contribution is 5.98. The third kappa shape index (κ3) is 18.3. The molecule has 1 aromatic heterocycles. The van der Waals surface area contributed by atoms with Gasteiger partial charge in [0.05, 0.1) is 6.54 Å². The molecule has 6 atom stereocenters. The Labute approximate surface area is 396 Å². The molecule has 1 aliphatic heterocycles. The van der Waals surface area contributed by atoms with Gasteiger partial charge in [-0.2, -0.15) is 0 Å². The predicted molar refractivity (Wildman–Crippen MR) is 250 cm³/mol. The lowest BCUT2D eigenvalue weighted by molar-refractivity contribution is -0.142. The fourth-order valence-corrected chi connectivity index (χ4v) is 7.35. The van der Waals surface area contributed by atoms with Crippen LogP contribution in [0.3, 0.4) is 0 Å². The lowest BCUT2D eigenvalue weighted by Crippen LogP contribution is -2.60. The molecular formula is C45H61N13O11. The summed E-state index contributed by atoms with van der Waals surface area (Å²) in [5.41, 5.74) is 18.4. The van der Waals surface area contributed by atoms with E-state index < -0.39 is 108 Å². The average molecular weight is 960 g/mol. The lowest BCUT2D eigenvalue weighted by Gasteiger charge is -2.27. The van der Waals surface area contributed by atoms with Crippen LogP contribution in [0.15, 0.2) is 65.8 Å². The third-order valence-electron chi connectivity index (χ3n) is 11.0. The Morgan fingerprint density at radius 3 is 2.01 bits per heavy atom. The molecule has 1 saturated heterocycles. The number of aromatic amines is 1. The molecule has 0 radical (unpaired) electrons. The smallest absolute Gasteiger partial charge is 0.326 e. The Balaban J connectivity index is 1.77. The summed E-state index contributed by atoms with van der Waals surface area (Å²) < 4.78 is 0. The summed E-state index contributed by atoms with van der Waals surface area (Å²) >= 11 is 0. The van der Waals surface area contributed by atoms with Gasteiger partial charge >= 0.3 is 5.97 Å². The van der Waals surface area contributed by atoms with Crippen molar-refractivity contribution in [2.24, 2.45) is 22.2 Å². The molecule has 9 amide bonds. The second-order valence-corrected chi connectivity index (χ2v) is 16.4. The van der Waals surface area contributed by atoms with Crippen LogP contribution in [-0.4, -0.2) is 131 Å². The maximum atomic E-state index is 14.5. The number of hydrogen-bond acceptors (Lipinski definition) is 11. The highest BCUT2D eigenvalue weighted by atomic mass is 16.4. The zero-order valence-corrected chi connectivity index (χ0v) is 38.1. The van der Waals surface area contributed by atoms with Crippen molar-refractivity contribution in [1.82, 2.24) is 47.5 Å². The molecule has 1 fully saturated rings. The zero-order chi connectivity index (χ0) is 50.5. The number of primary amides is 1. The van der Waals surface area contributed by atoms with Crippen LogP contribution in [0.25, 0.3) is 10.9 Å². The number of nitrogens with zero attached hydrogens (tertiary/aromatic N) is 1.